The molecule has 2 aliphatic rings. The van der Waals surface area contributed by atoms with E-state index in [-0.39, 0.29) is 4.90 Å². The number of carbonyl (C=O) groups excluding carboxylic acids is 1. The van der Waals surface area contributed by atoms with E-state index < -0.39 is 32.6 Å². The number of hydrogen-bond acceptors (Lipinski definition) is 4. The van der Waals surface area contributed by atoms with E-state index in [4.69, 9.17) is 4.74 Å². The van der Waals surface area contributed by atoms with Gasteiger partial charge in [0.15, 0.2) is 20.8 Å². The van der Waals surface area contributed by atoms with E-state index >= 15 is 0 Å². The summed E-state index contributed by atoms with van der Waals surface area (Å²) < 4.78 is 33.6. The van der Waals surface area contributed by atoms with Gasteiger partial charge >= 0.3 is 0 Å². The molecule has 1 amide bonds. The molecular formula is C19H18BrNO4S. The summed E-state index contributed by atoms with van der Waals surface area (Å²) in [6, 6.07) is 13.7. The Morgan fingerprint density at radius 2 is 1.88 bits per heavy atom. The molecule has 7 heteroatoms. The van der Waals surface area contributed by atoms with Gasteiger partial charge in [0.2, 0.25) is 5.91 Å². The summed E-state index contributed by atoms with van der Waals surface area (Å²) in [6.07, 6.45) is 0.426. The molecule has 2 heterocycles. The molecular weight excluding hydrogens is 418 g/mol. The smallest absolute Gasteiger partial charge is 0.244 e. The number of piperidine rings is 1. The molecule has 2 aromatic rings. The minimum absolute atomic E-state index is 0.165. The molecule has 2 aliphatic heterocycles. The van der Waals surface area contributed by atoms with Crippen molar-refractivity contribution in [1.29, 1.82) is 0 Å². The van der Waals surface area contributed by atoms with Gasteiger partial charge in [0, 0.05) is 29.4 Å². The van der Waals surface area contributed by atoms with Crippen LogP contribution in [0.3, 0.4) is 0 Å². The van der Waals surface area contributed by atoms with Crippen molar-refractivity contribution in [2.24, 2.45) is 0 Å². The van der Waals surface area contributed by atoms with Gasteiger partial charge in [-0.25, -0.2) is 8.42 Å². The first-order chi connectivity index (χ1) is 12.2. The number of benzene rings is 2. The second-order valence-electron chi connectivity index (χ2n) is 6.95. The van der Waals surface area contributed by atoms with Crippen molar-refractivity contribution in [3.8, 4) is 5.75 Å². The van der Waals surface area contributed by atoms with Gasteiger partial charge < -0.3 is 9.64 Å². The fourth-order valence-corrected chi connectivity index (χ4v) is 6.18. The predicted octanol–water partition coefficient (Wildman–Crippen LogP) is 3.35. The minimum Gasteiger partial charge on any atom is -0.468 e. The summed E-state index contributed by atoms with van der Waals surface area (Å²) in [5, 5.41) is -1.17. The van der Waals surface area contributed by atoms with Gasteiger partial charge in [-0.15, -0.1) is 0 Å². The number of likely N-dealkylation sites (tertiary alicyclic amines) is 1. The lowest BCUT2D eigenvalue weighted by Crippen LogP contribution is -2.64. The minimum atomic E-state index is -3.84. The van der Waals surface area contributed by atoms with E-state index in [1.165, 1.54) is 17.0 Å². The van der Waals surface area contributed by atoms with Crippen LogP contribution < -0.4 is 4.74 Å². The Labute approximate surface area is 161 Å². The van der Waals surface area contributed by atoms with Crippen LogP contribution in [0.4, 0.5) is 0 Å². The number of sulfone groups is 1. The zero-order valence-corrected chi connectivity index (χ0v) is 16.7. The van der Waals surface area contributed by atoms with Crippen molar-refractivity contribution in [3.05, 3.63) is 58.6 Å². The molecule has 4 rings (SSSR count). The maximum absolute atomic E-state index is 13.3. The van der Waals surface area contributed by atoms with Crippen LogP contribution in [0.5, 0.6) is 5.75 Å². The molecule has 0 saturated carbocycles. The molecule has 0 spiro atoms. The summed E-state index contributed by atoms with van der Waals surface area (Å²) in [7, 11) is -2.23. The fourth-order valence-electron chi connectivity index (χ4n) is 3.88. The highest BCUT2D eigenvalue weighted by molar-refractivity contribution is 9.10. The standard InChI is InChI=1S/C19H18BrNO4S/c1-19-11-15(14-10-12(20)8-9-16(14)25-19)17(18(22)21(19)2)26(23,24)13-6-4-3-5-7-13/h3-10,15,17H,11H2,1-2H3/t15-,17+,19+/m0/s1. The maximum Gasteiger partial charge on any atom is 0.244 e. The van der Waals surface area contributed by atoms with Gasteiger partial charge in [0.1, 0.15) is 5.75 Å². The monoisotopic (exact) mass is 435 g/mol. The highest BCUT2D eigenvalue weighted by Gasteiger charge is 2.57. The highest BCUT2D eigenvalue weighted by Crippen LogP contribution is 2.50. The molecule has 1 fully saturated rings. The third-order valence-electron chi connectivity index (χ3n) is 5.35. The lowest BCUT2D eigenvalue weighted by atomic mass is 9.80. The van der Waals surface area contributed by atoms with Gasteiger partial charge in [0.25, 0.3) is 0 Å². The number of nitrogens with zero attached hydrogens (tertiary/aromatic N) is 1. The molecule has 1 saturated heterocycles. The van der Waals surface area contributed by atoms with Crippen LogP contribution in [0.2, 0.25) is 0 Å². The van der Waals surface area contributed by atoms with Crippen molar-refractivity contribution in [2.75, 3.05) is 7.05 Å². The van der Waals surface area contributed by atoms with Crippen LogP contribution >= 0.6 is 15.9 Å². The highest BCUT2D eigenvalue weighted by atomic mass is 79.9. The number of halogens is 1. The van der Waals surface area contributed by atoms with Crippen LogP contribution in [0.15, 0.2) is 57.9 Å². The van der Waals surface area contributed by atoms with Gasteiger partial charge in [-0.3, -0.25) is 4.79 Å². The number of carbonyl (C=O) groups is 1. The van der Waals surface area contributed by atoms with Crippen LogP contribution in [-0.4, -0.2) is 37.2 Å². The summed E-state index contributed by atoms with van der Waals surface area (Å²) in [4.78, 5) is 14.7. The average Bonchev–Trinajstić information content (AvgIpc) is 2.61. The average molecular weight is 436 g/mol. The zero-order chi connectivity index (χ0) is 18.7. The van der Waals surface area contributed by atoms with E-state index in [9.17, 15) is 13.2 Å². The lowest BCUT2D eigenvalue weighted by molar-refractivity contribution is -0.159. The van der Waals surface area contributed by atoms with E-state index in [0.717, 1.165) is 10.0 Å². The molecule has 2 bridgehead atoms. The Balaban J connectivity index is 1.92. The largest absolute Gasteiger partial charge is 0.468 e. The van der Waals surface area contributed by atoms with Crippen LogP contribution in [0, 0.1) is 0 Å². The normalized spacial score (nSPS) is 27.7. The Hall–Kier alpha value is -1.86. The van der Waals surface area contributed by atoms with Crippen LogP contribution in [-0.2, 0) is 14.6 Å². The molecule has 0 N–H and O–H groups in total. The molecule has 2 aromatic carbocycles. The van der Waals surface area contributed by atoms with Gasteiger partial charge in [0.05, 0.1) is 4.90 Å². The van der Waals surface area contributed by atoms with Gasteiger partial charge in [-0.05, 0) is 37.3 Å². The molecule has 26 heavy (non-hydrogen) atoms. The van der Waals surface area contributed by atoms with E-state index in [1.807, 2.05) is 25.1 Å². The summed E-state index contributed by atoms with van der Waals surface area (Å²) in [5.74, 6) is -0.270. The lowest BCUT2D eigenvalue weighted by Gasteiger charge is -2.51. The van der Waals surface area contributed by atoms with Crippen molar-refractivity contribution in [1.82, 2.24) is 4.90 Å². The third-order valence-corrected chi connectivity index (χ3v) is 7.98. The summed E-state index contributed by atoms with van der Waals surface area (Å²) in [5.41, 5.74) is -0.103. The maximum atomic E-state index is 13.3. The van der Waals surface area contributed by atoms with Gasteiger partial charge in [-0.1, -0.05) is 34.1 Å². The Bertz CT molecular complexity index is 992. The molecule has 0 radical (unpaired) electrons. The second-order valence-corrected chi connectivity index (χ2v) is 9.93. The summed E-state index contributed by atoms with van der Waals surface area (Å²) >= 11 is 3.44. The Morgan fingerprint density at radius 3 is 2.58 bits per heavy atom. The fraction of sp³-hybridized carbons (Fsp3) is 0.316. The molecule has 0 aromatic heterocycles. The van der Waals surface area contributed by atoms with Crippen molar-refractivity contribution < 1.29 is 17.9 Å². The topological polar surface area (TPSA) is 63.7 Å². The summed E-state index contributed by atoms with van der Waals surface area (Å²) in [6.45, 7) is 1.83. The Morgan fingerprint density at radius 1 is 1.19 bits per heavy atom. The van der Waals surface area contributed by atoms with Crippen molar-refractivity contribution in [2.45, 2.75) is 35.1 Å². The third kappa shape index (κ3) is 2.48. The number of amides is 1. The van der Waals surface area contributed by atoms with Crippen molar-refractivity contribution in [3.63, 3.8) is 0 Å². The molecule has 0 unspecified atom stereocenters. The first-order valence-electron chi connectivity index (χ1n) is 8.29. The SMILES string of the molecule is CN1C(=O)[C@H](S(=O)(=O)c2ccccc2)[C@H]2C[C@@]1(C)Oc1ccc(Br)cc12. The first-order valence-corrected chi connectivity index (χ1v) is 10.6. The van der Waals surface area contributed by atoms with Crippen LogP contribution in [0.1, 0.15) is 24.8 Å². The van der Waals surface area contributed by atoms with Crippen LogP contribution in [0.25, 0.3) is 0 Å². The first kappa shape index (κ1) is 17.5. The predicted molar refractivity (Wildman–Crippen MR) is 101 cm³/mol. The Kier molecular flexibility index (Phi) is 3.93. The quantitative estimate of drug-likeness (QED) is 0.725. The van der Waals surface area contributed by atoms with E-state index in [2.05, 4.69) is 15.9 Å². The van der Waals surface area contributed by atoms with Crippen molar-refractivity contribution >= 4 is 31.7 Å². The van der Waals surface area contributed by atoms with Gasteiger partial charge in [-0.2, -0.15) is 0 Å². The number of ether oxygens (including phenoxy) is 1. The molecule has 5 nitrogen and oxygen atoms in total. The zero-order valence-electron chi connectivity index (χ0n) is 14.3. The molecule has 3 atom stereocenters. The second kappa shape index (κ2) is 5.82. The number of fused-ring (bicyclic) bond motifs is 4. The van der Waals surface area contributed by atoms with E-state index in [1.54, 1.807) is 25.2 Å². The molecule has 0 aliphatic carbocycles. The molecule has 136 valence electrons. The number of rotatable bonds is 2. The number of hydrogen-bond donors (Lipinski definition) is 0. The van der Waals surface area contributed by atoms with E-state index in [0.29, 0.717) is 12.2 Å².